The summed E-state index contributed by atoms with van der Waals surface area (Å²) in [5, 5.41) is 9.87. The zero-order valence-electron chi connectivity index (χ0n) is 17.0. The third kappa shape index (κ3) is 4.29. The van der Waals surface area contributed by atoms with Crippen LogP contribution in [0.15, 0.2) is 47.7 Å². The zero-order valence-corrected chi connectivity index (χ0v) is 18.5. The van der Waals surface area contributed by atoms with E-state index in [1.165, 1.54) is 21.3 Å². The van der Waals surface area contributed by atoms with Gasteiger partial charge in [0.25, 0.3) is 5.91 Å². The van der Waals surface area contributed by atoms with Gasteiger partial charge in [0.1, 0.15) is 0 Å². The Hall–Kier alpha value is -2.97. The topological polar surface area (TPSA) is 80.9 Å². The highest BCUT2D eigenvalue weighted by Crippen LogP contribution is 2.41. The zero-order chi connectivity index (χ0) is 21.8. The predicted molar refractivity (Wildman–Crippen MR) is 120 cm³/mol. The van der Waals surface area contributed by atoms with Crippen LogP contribution in [0.5, 0.6) is 17.2 Å². The number of allylic oxidation sites excluding steroid dienone is 1. The van der Waals surface area contributed by atoms with E-state index in [2.05, 4.69) is 16.0 Å². The number of ether oxygens (including phenoxy) is 3. The Labute approximate surface area is 185 Å². The van der Waals surface area contributed by atoms with Gasteiger partial charge >= 0.3 is 0 Å². The highest BCUT2D eigenvalue weighted by molar-refractivity contribution is 7.80. The summed E-state index contributed by atoms with van der Waals surface area (Å²) in [6.45, 7) is 1.79. The summed E-state index contributed by atoms with van der Waals surface area (Å²) < 4.78 is 16.3. The Morgan fingerprint density at radius 1 is 1.10 bits per heavy atom. The lowest BCUT2D eigenvalue weighted by Crippen LogP contribution is -2.45. The van der Waals surface area contributed by atoms with Crippen LogP contribution in [0.1, 0.15) is 18.5 Å². The number of methoxy groups -OCH3 is 3. The van der Waals surface area contributed by atoms with Gasteiger partial charge in [-0.2, -0.15) is 0 Å². The van der Waals surface area contributed by atoms with Gasteiger partial charge in [0, 0.05) is 5.70 Å². The van der Waals surface area contributed by atoms with Crippen LogP contribution in [0.3, 0.4) is 0 Å². The molecule has 158 valence electrons. The van der Waals surface area contributed by atoms with Crippen molar-refractivity contribution in [2.24, 2.45) is 0 Å². The molecule has 3 N–H and O–H groups in total. The van der Waals surface area contributed by atoms with Crippen LogP contribution < -0.4 is 30.2 Å². The number of hydrogen-bond donors (Lipinski definition) is 3. The Bertz CT molecular complexity index is 1000. The lowest BCUT2D eigenvalue weighted by Gasteiger charge is -2.31. The van der Waals surface area contributed by atoms with E-state index < -0.39 is 6.04 Å². The van der Waals surface area contributed by atoms with Gasteiger partial charge < -0.3 is 30.2 Å². The normalized spacial score (nSPS) is 15.8. The van der Waals surface area contributed by atoms with Crippen molar-refractivity contribution in [1.82, 2.24) is 10.6 Å². The van der Waals surface area contributed by atoms with Crippen molar-refractivity contribution in [3.8, 4) is 17.2 Å². The largest absolute Gasteiger partial charge is 0.493 e. The van der Waals surface area contributed by atoms with Crippen LogP contribution >= 0.6 is 23.8 Å². The van der Waals surface area contributed by atoms with Crippen molar-refractivity contribution in [3.05, 3.63) is 58.3 Å². The average Bonchev–Trinajstić information content (AvgIpc) is 2.73. The number of halogens is 1. The summed E-state index contributed by atoms with van der Waals surface area (Å²) in [4.78, 5) is 13.2. The second-order valence-corrected chi connectivity index (χ2v) is 7.28. The van der Waals surface area contributed by atoms with Gasteiger partial charge in [-0.25, -0.2) is 0 Å². The highest BCUT2D eigenvalue weighted by Gasteiger charge is 2.31. The molecule has 0 bridgehead atoms. The molecule has 1 heterocycles. The molecule has 2 aromatic rings. The summed E-state index contributed by atoms with van der Waals surface area (Å²) in [6.07, 6.45) is 0. The molecule has 0 unspecified atom stereocenters. The molecular weight excluding hydrogens is 426 g/mol. The monoisotopic (exact) mass is 447 g/mol. The number of rotatable bonds is 6. The van der Waals surface area contributed by atoms with Crippen LogP contribution in [0, 0.1) is 0 Å². The summed E-state index contributed by atoms with van der Waals surface area (Å²) in [5.74, 6) is 1.09. The minimum atomic E-state index is -0.546. The number of thiocarbonyl (C=S) groups is 1. The Kier molecular flexibility index (Phi) is 6.69. The fourth-order valence-corrected chi connectivity index (χ4v) is 3.72. The molecule has 1 aliphatic heterocycles. The molecule has 0 aliphatic carbocycles. The number of para-hydroxylation sites is 1. The molecule has 0 saturated carbocycles. The SMILES string of the molecule is COc1cc([C@H]2NC(=S)NC(C)=C2C(=O)Nc2ccccc2Cl)cc(OC)c1OC. The van der Waals surface area contributed by atoms with Crippen molar-refractivity contribution in [2.75, 3.05) is 26.6 Å². The molecule has 3 rings (SSSR count). The number of hydrogen-bond acceptors (Lipinski definition) is 5. The standard InChI is InChI=1S/C21H22ClN3O4S/c1-11-17(20(26)24-14-8-6-5-7-13(14)22)18(25-21(30)23-11)12-9-15(27-2)19(29-4)16(10-12)28-3/h5-10,18H,1-4H3,(H,24,26)(H2,23,25,30)/t18-/m1/s1. The van der Waals surface area contributed by atoms with E-state index in [0.29, 0.717) is 44.3 Å². The minimum Gasteiger partial charge on any atom is -0.493 e. The van der Waals surface area contributed by atoms with Crippen molar-refractivity contribution in [1.29, 1.82) is 0 Å². The summed E-state index contributed by atoms with van der Waals surface area (Å²) in [7, 11) is 4.60. The molecule has 1 amide bonds. The van der Waals surface area contributed by atoms with Crippen LogP contribution in [0.2, 0.25) is 5.02 Å². The Morgan fingerprint density at radius 3 is 2.30 bits per heavy atom. The van der Waals surface area contributed by atoms with E-state index in [9.17, 15) is 4.79 Å². The van der Waals surface area contributed by atoms with Crippen molar-refractivity contribution < 1.29 is 19.0 Å². The highest BCUT2D eigenvalue weighted by atomic mass is 35.5. The smallest absolute Gasteiger partial charge is 0.255 e. The number of nitrogens with one attached hydrogen (secondary N) is 3. The molecule has 0 spiro atoms. The third-order valence-corrected chi connectivity index (χ3v) is 5.21. The van der Waals surface area contributed by atoms with Gasteiger partial charge in [0.05, 0.1) is 43.7 Å². The first-order valence-corrected chi connectivity index (χ1v) is 9.82. The van der Waals surface area contributed by atoms with E-state index >= 15 is 0 Å². The number of amides is 1. The van der Waals surface area contributed by atoms with Gasteiger partial charge in [-0.05, 0) is 49.0 Å². The van der Waals surface area contributed by atoms with Crippen molar-refractivity contribution in [3.63, 3.8) is 0 Å². The van der Waals surface area contributed by atoms with Gasteiger partial charge in [-0.15, -0.1) is 0 Å². The van der Waals surface area contributed by atoms with Gasteiger partial charge in [0.15, 0.2) is 16.6 Å². The molecule has 30 heavy (non-hydrogen) atoms. The lowest BCUT2D eigenvalue weighted by atomic mass is 9.94. The number of carbonyl (C=O) groups is 1. The fraction of sp³-hybridized carbons (Fsp3) is 0.238. The van der Waals surface area contributed by atoms with Gasteiger partial charge in [-0.3, -0.25) is 4.79 Å². The molecule has 1 atom stereocenters. The fourth-order valence-electron chi connectivity index (χ4n) is 3.27. The second kappa shape index (κ2) is 9.23. The van der Waals surface area contributed by atoms with E-state index in [1.807, 2.05) is 0 Å². The van der Waals surface area contributed by atoms with Crippen LogP contribution in [0.25, 0.3) is 0 Å². The third-order valence-electron chi connectivity index (χ3n) is 4.66. The number of anilines is 1. The lowest BCUT2D eigenvalue weighted by molar-refractivity contribution is -0.113. The molecule has 9 heteroatoms. The maximum atomic E-state index is 13.2. The molecule has 2 aromatic carbocycles. The number of benzene rings is 2. The maximum absolute atomic E-state index is 13.2. The predicted octanol–water partition coefficient (Wildman–Crippen LogP) is 3.80. The molecule has 0 radical (unpaired) electrons. The Morgan fingerprint density at radius 2 is 1.73 bits per heavy atom. The first kappa shape index (κ1) is 21.7. The van der Waals surface area contributed by atoms with E-state index in [-0.39, 0.29) is 5.91 Å². The molecule has 0 aromatic heterocycles. The van der Waals surface area contributed by atoms with Crippen LogP contribution in [-0.2, 0) is 4.79 Å². The quantitative estimate of drug-likeness (QED) is 0.581. The van der Waals surface area contributed by atoms with Gasteiger partial charge in [-0.1, -0.05) is 23.7 Å². The molecule has 7 nitrogen and oxygen atoms in total. The second-order valence-electron chi connectivity index (χ2n) is 6.46. The first-order valence-electron chi connectivity index (χ1n) is 9.03. The van der Waals surface area contributed by atoms with Crippen LogP contribution in [-0.4, -0.2) is 32.3 Å². The molecule has 0 fully saturated rings. The van der Waals surface area contributed by atoms with E-state index in [4.69, 9.17) is 38.0 Å². The average molecular weight is 448 g/mol. The van der Waals surface area contributed by atoms with Crippen LogP contribution in [0.4, 0.5) is 5.69 Å². The Balaban J connectivity index is 2.06. The first-order chi connectivity index (χ1) is 14.4. The van der Waals surface area contributed by atoms with Crippen molar-refractivity contribution in [2.45, 2.75) is 13.0 Å². The summed E-state index contributed by atoms with van der Waals surface area (Å²) >= 11 is 11.5. The van der Waals surface area contributed by atoms with E-state index in [1.54, 1.807) is 43.3 Å². The van der Waals surface area contributed by atoms with E-state index in [0.717, 1.165) is 5.56 Å². The minimum absolute atomic E-state index is 0.318. The molecule has 1 aliphatic rings. The molecular formula is C21H22ClN3O4S. The molecule has 0 saturated heterocycles. The number of carbonyl (C=O) groups excluding carboxylic acids is 1. The van der Waals surface area contributed by atoms with Crippen molar-refractivity contribution >= 4 is 40.5 Å². The summed E-state index contributed by atoms with van der Waals surface area (Å²) in [6, 6.07) is 10.1. The van der Waals surface area contributed by atoms with Gasteiger partial charge in [0.2, 0.25) is 5.75 Å². The maximum Gasteiger partial charge on any atom is 0.255 e. The summed E-state index contributed by atoms with van der Waals surface area (Å²) in [5.41, 5.74) is 2.32.